The van der Waals surface area contributed by atoms with Gasteiger partial charge in [0.2, 0.25) is 5.91 Å². The van der Waals surface area contributed by atoms with Crippen LogP contribution in [-0.2, 0) is 4.79 Å². The fraction of sp³-hybridized carbons (Fsp3) is 0.350. The van der Waals surface area contributed by atoms with Crippen LogP contribution >= 0.6 is 34.3 Å². The number of hydrogen-bond acceptors (Lipinski definition) is 6. The van der Waals surface area contributed by atoms with Gasteiger partial charge in [-0.25, -0.2) is 4.98 Å². The second-order valence-corrected chi connectivity index (χ2v) is 9.90. The van der Waals surface area contributed by atoms with E-state index in [1.165, 1.54) is 11.3 Å². The lowest BCUT2D eigenvalue weighted by Crippen LogP contribution is -2.48. The Balaban J connectivity index is 1.20. The fourth-order valence-electron chi connectivity index (χ4n) is 3.70. The van der Waals surface area contributed by atoms with Gasteiger partial charge in [0.05, 0.1) is 25.6 Å². The Bertz CT molecular complexity index is 1080. The van der Waals surface area contributed by atoms with Crippen molar-refractivity contribution in [3.63, 3.8) is 0 Å². The number of nitrogens with one attached hydrogen (secondary N) is 2. The second-order valence-electron chi connectivity index (χ2n) is 7.35. The average molecular weight is 447 g/mol. The first-order chi connectivity index (χ1) is 14.1. The Morgan fingerprint density at radius 1 is 1.21 bits per heavy atom. The molecule has 0 bridgehead atoms. The van der Waals surface area contributed by atoms with Crippen molar-refractivity contribution in [1.82, 2.24) is 15.2 Å². The molecule has 0 unspecified atom stereocenters. The lowest BCUT2D eigenvalue weighted by atomic mass is 10.0. The van der Waals surface area contributed by atoms with E-state index in [1.807, 2.05) is 23.1 Å². The number of carbonyl (C=O) groups is 2. The number of thiophene rings is 1. The van der Waals surface area contributed by atoms with Crippen molar-refractivity contribution in [2.45, 2.75) is 24.8 Å². The van der Waals surface area contributed by atoms with Gasteiger partial charge in [0.15, 0.2) is 0 Å². The number of aromatic nitrogens is 1. The number of likely N-dealkylation sites (tertiary alicyclic amines) is 1. The normalized spacial score (nSPS) is 19.5. The first-order valence-corrected chi connectivity index (χ1v) is 11.6. The third-order valence-corrected chi connectivity index (χ3v) is 7.82. The van der Waals surface area contributed by atoms with Gasteiger partial charge in [0.1, 0.15) is 10.5 Å². The number of anilines is 1. The number of benzene rings is 1. The second kappa shape index (κ2) is 7.68. The highest BCUT2D eigenvalue weighted by Crippen LogP contribution is 2.36. The molecule has 2 aliphatic rings. The smallest absolute Gasteiger partial charge is 0.264 e. The number of halogens is 1. The number of nitrogens with zero attached hydrogens (tertiary/aromatic N) is 2. The Morgan fingerprint density at radius 2 is 2.07 bits per heavy atom. The first kappa shape index (κ1) is 19.0. The van der Waals surface area contributed by atoms with Crippen LogP contribution in [0, 0.1) is 0 Å². The summed E-state index contributed by atoms with van der Waals surface area (Å²) in [5.41, 5.74) is 0.842. The van der Waals surface area contributed by atoms with Gasteiger partial charge in [-0.3, -0.25) is 9.59 Å². The average Bonchev–Trinajstić information content (AvgIpc) is 3.41. The molecule has 5 rings (SSSR count). The van der Waals surface area contributed by atoms with Crippen LogP contribution in [-0.4, -0.2) is 47.4 Å². The van der Waals surface area contributed by atoms with E-state index >= 15 is 0 Å². The number of rotatable bonds is 4. The Kier molecular flexibility index (Phi) is 5.03. The van der Waals surface area contributed by atoms with E-state index < -0.39 is 0 Å². The molecule has 0 radical (unpaired) electrons. The maximum absolute atomic E-state index is 12.8. The zero-order chi connectivity index (χ0) is 20.0. The molecule has 9 heteroatoms. The van der Waals surface area contributed by atoms with Crippen LogP contribution in [0.25, 0.3) is 10.2 Å². The van der Waals surface area contributed by atoms with Crippen LogP contribution < -0.4 is 10.6 Å². The molecule has 0 spiro atoms. The SMILES string of the molecule is O=C(Nc1ccc(C(=O)N2CC(c3nc4c(Cl)cccc4s3)C2)s1)[C@@H]1CCCN1. The van der Waals surface area contributed by atoms with Crippen LogP contribution in [0.2, 0.25) is 5.02 Å². The third kappa shape index (κ3) is 3.66. The molecule has 2 N–H and O–H groups in total. The Hall–Kier alpha value is -2.00. The zero-order valence-electron chi connectivity index (χ0n) is 15.5. The third-order valence-electron chi connectivity index (χ3n) is 5.34. The molecule has 2 aliphatic heterocycles. The number of para-hydroxylation sites is 1. The minimum Gasteiger partial charge on any atom is -0.336 e. The van der Waals surface area contributed by atoms with Crippen molar-refractivity contribution in [2.75, 3.05) is 25.0 Å². The lowest BCUT2D eigenvalue weighted by molar-refractivity contribution is -0.117. The monoisotopic (exact) mass is 446 g/mol. The number of thiazole rings is 1. The van der Waals surface area contributed by atoms with Crippen LogP contribution in [0.3, 0.4) is 0 Å². The predicted molar refractivity (Wildman–Crippen MR) is 117 cm³/mol. The molecule has 0 saturated carbocycles. The van der Waals surface area contributed by atoms with Crippen LogP contribution in [0.5, 0.6) is 0 Å². The fourth-order valence-corrected chi connectivity index (χ4v) is 5.93. The summed E-state index contributed by atoms with van der Waals surface area (Å²) >= 11 is 9.19. The molecule has 1 atom stereocenters. The van der Waals surface area contributed by atoms with Crippen LogP contribution in [0.15, 0.2) is 30.3 Å². The molecule has 0 aliphatic carbocycles. The molecule has 3 aromatic rings. The quantitative estimate of drug-likeness (QED) is 0.636. The standard InChI is InChI=1S/C20H19ClN4O2S2/c21-12-3-1-5-14-17(12)24-19(29-14)11-9-25(10-11)20(27)15-6-7-16(28-15)23-18(26)13-4-2-8-22-13/h1,3,5-7,11,13,22H,2,4,8-10H2,(H,23,26)/t13-/m0/s1. The summed E-state index contributed by atoms with van der Waals surface area (Å²) in [5.74, 6) is 0.228. The number of hydrogen-bond donors (Lipinski definition) is 2. The topological polar surface area (TPSA) is 74.3 Å². The maximum atomic E-state index is 12.8. The molecule has 150 valence electrons. The summed E-state index contributed by atoms with van der Waals surface area (Å²) in [6.45, 7) is 2.19. The van der Waals surface area contributed by atoms with E-state index in [9.17, 15) is 9.59 Å². The molecule has 2 amide bonds. The molecule has 2 aromatic heterocycles. The maximum Gasteiger partial charge on any atom is 0.264 e. The van der Waals surface area contributed by atoms with E-state index in [-0.39, 0.29) is 23.8 Å². The predicted octanol–water partition coefficient (Wildman–Crippen LogP) is 3.94. The number of amides is 2. The molecule has 1 aromatic carbocycles. The minimum absolute atomic E-state index is 0.00452. The zero-order valence-corrected chi connectivity index (χ0v) is 17.9. The van der Waals surface area contributed by atoms with E-state index in [1.54, 1.807) is 23.5 Å². The Morgan fingerprint density at radius 3 is 2.83 bits per heavy atom. The summed E-state index contributed by atoms with van der Waals surface area (Å²) in [4.78, 5) is 32.1. The van der Waals surface area contributed by atoms with Crippen molar-refractivity contribution in [2.24, 2.45) is 0 Å². The highest BCUT2D eigenvalue weighted by molar-refractivity contribution is 7.19. The van der Waals surface area contributed by atoms with Crippen molar-refractivity contribution in [1.29, 1.82) is 0 Å². The summed E-state index contributed by atoms with van der Waals surface area (Å²) in [6.07, 6.45) is 1.87. The molecular formula is C20H19ClN4O2S2. The van der Waals surface area contributed by atoms with E-state index in [2.05, 4.69) is 15.6 Å². The van der Waals surface area contributed by atoms with Gasteiger partial charge in [0.25, 0.3) is 5.91 Å². The van der Waals surface area contributed by atoms with Crippen LogP contribution in [0.4, 0.5) is 5.00 Å². The summed E-state index contributed by atoms with van der Waals surface area (Å²) < 4.78 is 1.08. The van der Waals surface area contributed by atoms with Gasteiger partial charge >= 0.3 is 0 Å². The van der Waals surface area contributed by atoms with E-state index in [4.69, 9.17) is 11.6 Å². The lowest BCUT2D eigenvalue weighted by Gasteiger charge is -2.37. The summed E-state index contributed by atoms with van der Waals surface area (Å²) in [5, 5.41) is 8.50. The van der Waals surface area contributed by atoms with Gasteiger partial charge in [-0.05, 0) is 43.7 Å². The molecular weight excluding hydrogens is 428 g/mol. The molecule has 4 heterocycles. The highest BCUT2D eigenvalue weighted by atomic mass is 35.5. The van der Waals surface area contributed by atoms with Crippen molar-refractivity contribution < 1.29 is 9.59 Å². The first-order valence-electron chi connectivity index (χ1n) is 9.57. The minimum atomic E-state index is -0.130. The van der Waals surface area contributed by atoms with Gasteiger partial charge in [-0.15, -0.1) is 22.7 Å². The Labute approximate surface area is 180 Å². The molecule has 2 fully saturated rings. The highest BCUT2D eigenvalue weighted by Gasteiger charge is 2.35. The van der Waals surface area contributed by atoms with E-state index in [0.717, 1.165) is 34.6 Å². The van der Waals surface area contributed by atoms with Gasteiger partial charge < -0.3 is 15.5 Å². The molecule has 2 saturated heterocycles. The van der Waals surface area contributed by atoms with Crippen molar-refractivity contribution in [3.8, 4) is 0 Å². The molecule has 6 nitrogen and oxygen atoms in total. The van der Waals surface area contributed by atoms with Crippen molar-refractivity contribution >= 4 is 61.3 Å². The summed E-state index contributed by atoms with van der Waals surface area (Å²) in [6, 6.07) is 9.26. The summed E-state index contributed by atoms with van der Waals surface area (Å²) in [7, 11) is 0. The number of fused-ring (bicyclic) bond motifs is 1. The van der Waals surface area contributed by atoms with Gasteiger partial charge in [-0.2, -0.15) is 0 Å². The van der Waals surface area contributed by atoms with Crippen LogP contribution in [0.1, 0.15) is 33.4 Å². The number of carbonyl (C=O) groups excluding carboxylic acids is 2. The van der Waals surface area contributed by atoms with E-state index in [0.29, 0.717) is 28.0 Å². The van der Waals surface area contributed by atoms with Crippen molar-refractivity contribution in [3.05, 3.63) is 45.2 Å². The molecule has 29 heavy (non-hydrogen) atoms. The largest absolute Gasteiger partial charge is 0.336 e. The van der Waals surface area contributed by atoms with Gasteiger partial charge in [0, 0.05) is 19.0 Å². The van der Waals surface area contributed by atoms with Gasteiger partial charge in [-0.1, -0.05) is 17.7 Å².